The largest absolute Gasteiger partial charge is 0.508 e. The molecule has 7 heteroatoms. The van der Waals surface area contributed by atoms with E-state index in [9.17, 15) is 14.7 Å². The highest BCUT2D eigenvalue weighted by Crippen LogP contribution is 2.38. The van der Waals surface area contributed by atoms with Gasteiger partial charge in [-0.15, -0.1) is 0 Å². The topological polar surface area (TPSA) is 74.0 Å². The standard InChI is InChI=1S/C22H21ClN2O4/c1-24(2)10-3-11-25-19(13-4-7-15(26)8-5-13)18-20(27)16-12-14(23)6-9-17(16)29-21(18)22(25)28/h4-9,12,19,26H,3,10-11H2,1-2H3/t19-/m1/s1. The van der Waals surface area contributed by atoms with E-state index in [-0.39, 0.29) is 22.8 Å². The number of amides is 1. The zero-order valence-corrected chi connectivity index (χ0v) is 16.9. The van der Waals surface area contributed by atoms with Crippen molar-refractivity contribution in [1.82, 2.24) is 9.80 Å². The fourth-order valence-corrected chi connectivity index (χ4v) is 3.96. The van der Waals surface area contributed by atoms with Crippen LogP contribution < -0.4 is 5.43 Å². The number of phenolic OH excluding ortho intramolecular Hbond substituents is 1. The van der Waals surface area contributed by atoms with E-state index in [0.717, 1.165) is 18.5 Å². The Morgan fingerprint density at radius 3 is 2.55 bits per heavy atom. The van der Waals surface area contributed by atoms with Crippen molar-refractivity contribution in [3.63, 3.8) is 0 Å². The number of aromatic hydroxyl groups is 1. The molecule has 0 unspecified atom stereocenters. The summed E-state index contributed by atoms with van der Waals surface area (Å²) in [5.74, 6) is -0.103. The van der Waals surface area contributed by atoms with Crippen molar-refractivity contribution in [2.75, 3.05) is 27.2 Å². The van der Waals surface area contributed by atoms with E-state index in [1.807, 2.05) is 19.0 Å². The predicted molar refractivity (Wildman–Crippen MR) is 112 cm³/mol. The quantitative estimate of drug-likeness (QED) is 0.692. The van der Waals surface area contributed by atoms with Crippen LogP contribution in [0.15, 0.2) is 51.7 Å². The number of carbonyl (C=O) groups excluding carboxylic acids is 1. The van der Waals surface area contributed by atoms with Crippen molar-refractivity contribution < 1.29 is 14.3 Å². The SMILES string of the molecule is CN(C)CCCN1C(=O)c2oc3ccc(Cl)cc3c(=O)c2[C@H]1c1ccc(O)cc1. The van der Waals surface area contributed by atoms with Crippen LogP contribution in [0.25, 0.3) is 11.0 Å². The second-order valence-corrected chi connectivity index (χ2v) is 7.90. The van der Waals surface area contributed by atoms with Crippen LogP contribution in [-0.4, -0.2) is 48.0 Å². The average Bonchev–Trinajstić information content (AvgIpc) is 2.95. The van der Waals surface area contributed by atoms with Crippen LogP contribution in [0.4, 0.5) is 0 Å². The maximum Gasteiger partial charge on any atom is 0.290 e. The number of rotatable bonds is 5. The first kappa shape index (κ1) is 19.5. The summed E-state index contributed by atoms with van der Waals surface area (Å²) in [7, 11) is 3.94. The number of hydrogen-bond acceptors (Lipinski definition) is 5. The maximum atomic E-state index is 13.3. The molecule has 2 aromatic carbocycles. The minimum Gasteiger partial charge on any atom is -0.508 e. The number of carbonyl (C=O) groups is 1. The van der Waals surface area contributed by atoms with Gasteiger partial charge in [0.1, 0.15) is 11.3 Å². The monoisotopic (exact) mass is 412 g/mol. The van der Waals surface area contributed by atoms with E-state index in [2.05, 4.69) is 0 Å². The molecule has 0 saturated carbocycles. The van der Waals surface area contributed by atoms with Crippen LogP contribution in [0, 0.1) is 0 Å². The molecular weight excluding hydrogens is 392 g/mol. The normalized spacial score (nSPS) is 16.1. The van der Waals surface area contributed by atoms with Gasteiger partial charge < -0.3 is 19.3 Å². The summed E-state index contributed by atoms with van der Waals surface area (Å²) in [6.45, 7) is 1.28. The van der Waals surface area contributed by atoms with Crippen LogP contribution >= 0.6 is 11.6 Å². The summed E-state index contributed by atoms with van der Waals surface area (Å²) in [5.41, 5.74) is 1.14. The number of nitrogens with zero attached hydrogens (tertiary/aromatic N) is 2. The Labute approximate surface area is 172 Å². The average molecular weight is 413 g/mol. The lowest BCUT2D eigenvalue weighted by Gasteiger charge is -2.25. The van der Waals surface area contributed by atoms with E-state index in [1.54, 1.807) is 47.4 Å². The van der Waals surface area contributed by atoms with E-state index in [4.69, 9.17) is 16.0 Å². The molecule has 0 bridgehead atoms. The first-order chi connectivity index (χ1) is 13.9. The second-order valence-electron chi connectivity index (χ2n) is 7.46. The Morgan fingerprint density at radius 2 is 1.86 bits per heavy atom. The first-order valence-corrected chi connectivity index (χ1v) is 9.75. The highest BCUT2D eigenvalue weighted by molar-refractivity contribution is 6.31. The van der Waals surface area contributed by atoms with Gasteiger partial charge in [0.25, 0.3) is 5.91 Å². The molecule has 29 heavy (non-hydrogen) atoms. The minimum absolute atomic E-state index is 0.0766. The number of benzene rings is 2. The summed E-state index contributed by atoms with van der Waals surface area (Å²) in [6, 6.07) is 10.8. The molecule has 0 spiro atoms. The predicted octanol–water partition coefficient (Wildman–Crippen LogP) is 3.65. The van der Waals surface area contributed by atoms with Gasteiger partial charge in [0.05, 0.1) is 17.0 Å². The lowest BCUT2D eigenvalue weighted by atomic mass is 9.98. The van der Waals surface area contributed by atoms with Crippen molar-refractivity contribution >= 4 is 28.5 Å². The molecule has 2 heterocycles. The molecule has 150 valence electrons. The summed E-state index contributed by atoms with van der Waals surface area (Å²) < 4.78 is 5.88. The number of fused-ring (bicyclic) bond motifs is 2. The molecule has 4 rings (SSSR count). The van der Waals surface area contributed by atoms with E-state index in [0.29, 0.717) is 28.1 Å². The maximum absolute atomic E-state index is 13.3. The van der Waals surface area contributed by atoms with Gasteiger partial charge >= 0.3 is 0 Å². The molecule has 1 amide bonds. The van der Waals surface area contributed by atoms with E-state index < -0.39 is 6.04 Å². The highest BCUT2D eigenvalue weighted by atomic mass is 35.5. The summed E-state index contributed by atoms with van der Waals surface area (Å²) in [5, 5.41) is 10.4. The zero-order valence-electron chi connectivity index (χ0n) is 16.2. The Kier molecular flexibility index (Phi) is 5.06. The molecule has 1 N–H and O–H groups in total. The molecule has 0 aliphatic carbocycles. The Hall–Kier alpha value is -2.83. The number of halogens is 1. The van der Waals surface area contributed by atoms with Gasteiger partial charge in [0.15, 0.2) is 5.43 Å². The fraction of sp³-hybridized carbons (Fsp3) is 0.273. The van der Waals surface area contributed by atoms with Crippen molar-refractivity contribution in [3.8, 4) is 5.75 Å². The van der Waals surface area contributed by atoms with Crippen molar-refractivity contribution in [1.29, 1.82) is 0 Å². The molecule has 1 aliphatic rings. The van der Waals surface area contributed by atoms with Crippen molar-refractivity contribution in [2.24, 2.45) is 0 Å². The molecule has 1 atom stereocenters. The van der Waals surface area contributed by atoms with Crippen LogP contribution in [0.2, 0.25) is 5.02 Å². The Morgan fingerprint density at radius 1 is 1.14 bits per heavy atom. The summed E-state index contributed by atoms with van der Waals surface area (Å²) >= 11 is 6.08. The van der Waals surface area contributed by atoms with E-state index in [1.165, 1.54) is 0 Å². The lowest BCUT2D eigenvalue weighted by Crippen LogP contribution is -2.32. The first-order valence-electron chi connectivity index (χ1n) is 9.37. The van der Waals surface area contributed by atoms with Gasteiger partial charge in [0, 0.05) is 11.6 Å². The smallest absolute Gasteiger partial charge is 0.290 e. The van der Waals surface area contributed by atoms with Gasteiger partial charge in [-0.2, -0.15) is 0 Å². The van der Waals surface area contributed by atoms with Gasteiger partial charge in [-0.1, -0.05) is 23.7 Å². The van der Waals surface area contributed by atoms with Crippen LogP contribution in [-0.2, 0) is 0 Å². The summed E-state index contributed by atoms with van der Waals surface area (Å²) in [4.78, 5) is 30.2. The third kappa shape index (κ3) is 3.50. The molecule has 6 nitrogen and oxygen atoms in total. The molecule has 1 aromatic heterocycles. The minimum atomic E-state index is -0.570. The van der Waals surface area contributed by atoms with Crippen LogP contribution in [0.1, 0.15) is 34.1 Å². The lowest BCUT2D eigenvalue weighted by molar-refractivity contribution is 0.0722. The van der Waals surface area contributed by atoms with Gasteiger partial charge in [-0.05, 0) is 63.0 Å². The van der Waals surface area contributed by atoms with Crippen molar-refractivity contribution in [3.05, 3.63) is 74.6 Å². The highest BCUT2D eigenvalue weighted by Gasteiger charge is 2.42. The molecule has 0 radical (unpaired) electrons. The van der Waals surface area contributed by atoms with Crippen LogP contribution in [0.5, 0.6) is 5.75 Å². The number of phenols is 1. The Balaban J connectivity index is 1.88. The van der Waals surface area contributed by atoms with Gasteiger partial charge in [-0.25, -0.2) is 0 Å². The molecule has 3 aromatic rings. The van der Waals surface area contributed by atoms with Crippen LogP contribution in [0.3, 0.4) is 0 Å². The third-order valence-electron chi connectivity index (χ3n) is 5.14. The molecule has 0 saturated heterocycles. The second kappa shape index (κ2) is 7.54. The number of hydrogen-bond donors (Lipinski definition) is 1. The fourth-order valence-electron chi connectivity index (χ4n) is 3.78. The molecular formula is C22H21ClN2O4. The third-order valence-corrected chi connectivity index (χ3v) is 5.38. The van der Waals surface area contributed by atoms with Gasteiger partial charge in [0.2, 0.25) is 5.76 Å². The Bertz CT molecular complexity index is 1140. The summed E-state index contributed by atoms with van der Waals surface area (Å²) in [6.07, 6.45) is 0.751. The van der Waals surface area contributed by atoms with Crippen molar-refractivity contribution in [2.45, 2.75) is 12.5 Å². The molecule has 0 fully saturated rings. The molecule has 1 aliphatic heterocycles. The zero-order chi connectivity index (χ0) is 20.7. The van der Waals surface area contributed by atoms with E-state index >= 15 is 0 Å². The van der Waals surface area contributed by atoms with Gasteiger partial charge in [-0.3, -0.25) is 9.59 Å².